The van der Waals surface area contributed by atoms with E-state index in [4.69, 9.17) is 0 Å². The molecule has 0 unspecified atom stereocenters. The van der Waals surface area contributed by atoms with Crippen molar-refractivity contribution in [1.29, 1.82) is 0 Å². The predicted molar refractivity (Wildman–Crippen MR) is 91.9 cm³/mol. The van der Waals surface area contributed by atoms with E-state index in [1.165, 1.54) is 34.8 Å². The highest BCUT2D eigenvalue weighted by Gasteiger charge is 2.10. The number of hydrogen-bond acceptors (Lipinski definition) is 3. The van der Waals surface area contributed by atoms with Gasteiger partial charge in [0, 0.05) is 6.54 Å². The summed E-state index contributed by atoms with van der Waals surface area (Å²) in [6, 6.07) is 8.08. The van der Waals surface area contributed by atoms with Gasteiger partial charge >= 0.3 is 0 Å². The van der Waals surface area contributed by atoms with Crippen molar-refractivity contribution in [3.63, 3.8) is 0 Å². The fourth-order valence-electron chi connectivity index (χ4n) is 2.01. The van der Waals surface area contributed by atoms with Gasteiger partial charge in [-0.3, -0.25) is 4.79 Å². The van der Waals surface area contributed by atoms with Crippen LogP contribution in [-0.2, 0) is 6.54 Å². The van der Waals surface area contributed by atoms with Gasteiger partial charge in [0.25, 0.3) is 5.91 Å². The summed E-state index contributed by atoms with van der Waals surface area (Å²) in [4.78, 5) is 17.5. The van der Waals surface area contributed by atoms with Crippen molar-refractivity contribution in [2.24, 2.45) is 4.99 Å². The quantitative estimate of drug-likeness (QED) is 0.595. The number of carbonyl (C=O) groups excluding carboxylic acids is 1. The van der Waals surface area contributed by atoms with Gasteiger partial charge in [-0.2, -0.15) is 4.99 Å². The summed E-state index contributed by atoms with van der Waals surface area (Å²) in [6.07, 6.45) is 1.72. The standard InChI is InChI=1S/C15H10BrFN2OS2/c1-2-7-19-10-4-3-9(17)8-12(10)22-15(19)18-14(20)11-5-6-13(16)21-11/h2-6,8H,1,7H2. The van der Waals surface area contributed by atoms with Crippen molar-refractivity contribution < 1.29 is 9.18 Å². The normalized spacial score (nSPS) is 12.0. The molecule has 0 radical (unpaired) electrons. The smallest absolute Gasteiger partial charge is 0.289 e. The lowest BCUT2D eigenvalue weighted by molar-refractivity contribution is 0.100. The van der Waals surface area contributed by atoms with Crippen LogP contribution in [0.2, 0.25) is 0 Å². The maximum atomic E-state index is 13.4. The SMILES string of the molecule is C=CCn1c(=NC(=O)c2ccc(Br)s2)sc2cc(F)ccc21. The summed E-state index contributed by atoms with van der Waals surface area (Å²) in [6.45, 7) is 4.23. The van der Waals surface area contributed by atoms with Gasteiger partial charge in [-0.05, 0) is 46.3 Å². The molecule has 3 nitrogen and oxygen atoms in total. The number of benzene rings is 1. The van der Waals surface area contributed by atoms with Crippen LogP contribution in [0.1, 0.15) is 9.67 Å². The number of halogens is 2. The minimum Gasteiger partial charge on any atom is -0.312 e. The lowest BCUT2D eigenvalue weighted by Crippen LogP contribution is -2.15. The van der Waals surface area contributed by atoms with Gasteiger partial charge in [-0.25, -0.2) is 4.39 Å². The Morgan fingerprint density at radius 3 is 2.86 bits per heavy atom. The first-order valence-corrected chi connectivity index (χ1v) is 8.75. The van der Waals surface area contributed by atoms with Gasteiger partial charge in [0.1, 0.15) is 5.82 Å². The molecule has 0 spiro atoms. The summed E-state index contributed by atoms with van der Waals surface area (Å²) < 4.78 is 16.9. The molecule has 2 heterocycles. The molecule has 0 fully saturated rings. The lowest BCUT2D eigenvalue weighted by Gasteiger charge is -2.00. The van der Waals surface area contributed by atoms with Gasteiger partial charge in [0.05, 0.1) is 18.9 Å². The fraction of sp³-hybridized carbons (Fsp3) is 0.0667. The Morgan fingerprint density at radius 1 is 1.36 bits per heavy atom. The van der Waals surface area contributed by atoms with E-state index in [9.17, 15) is 9.18 Å². The Morgan fingerprint density at radius 2 is 2.18 bits per heavy atom. The monoisotopic (exact) mass is 396 g/mol. The van der Waals surface area contributed by atoms with E-state index in [0.717, 1.165) is 14.0 Å². The molecular formula is C15H10BrFN2OS2. The van der Waals surface area contributed by atoms with Crippen molar-refractivity contribution in [2.45, 2.75) is 6.54 Å². The molecular weight excluding hydrogens is 387 g/mol. The first-order chi connectivity index (χ1) is 10.6. The topological polar surface area (TPSA) is 34.4 Å². The maximum Gasteiger partial charge on any atom is 0.289 e. The first-order valence-electron chi connectivity index (χ1n) is 6.32. The molecule has 0 atom stereocenters. The van der Waals surface area contributed by atoms with Crippen molar-refractivity contribution >= 4 is 54.7 Å². The maximum absolute atomic E-state index is 13.4. The second-order valence-corrected chi connectivity index (χ2v) is 7.89. The molecule has 3 rings (SSSR count). The van der Waals surface area contributed by atoms with Crippen molar-refractivity contribution in [3.8, 4) is 0 Å². The number of thiazole rings is 1. The van der Waals surface area contributed by atoms with E-state index in [-0.39, 0.29) is 11.7 Å². The number of fused-ring (bicyclic) bond motifs is 1. The summed E-state index contributed by atoms with van der Waals surface area (Å²) in [5.74, 6) is -0.611. The summed E-state index contributed by atoms with van der Waals surface area (Å²) >= 11 is 5.95. The van der Waals surface area contributed by atoms with Gasteiger partial charge in [-0.1, -0.05) is 17.4 Å². The molecule has 1 amide bonds. The number of nitrogens with zero attached hydrogens (tertiary/aromatic N) is 2. The fourth-order valence-corrected chi connectivity index (χ4v) is 4.34. The number of thiophene rings is 1. The van der Waals surface area contributed by atoms with Crippen LogP contribution in [0.25, 0.3) is 10.2 Å². The van der Waals surface area contributed by atoms with Crippen molar-refractivity contribution in [3.05, 3.63) is 62.3 Å². The molecule has 0 aliphatic rings. The predicted octanol–water partition coefficient (Wildman–Crippen LogP) is 4.59. The number of carbonyl (C=O) groups is 1. The summed E-state index contributed by atoms with van der Waals surface area (Å²) in [7, 11) is 0. The van der Waals surface area contributed by atoms with Crippen molar-refractivity contribution in [1.82, 2.24) is 4.57 Å². The third-order valence-electron chi connectivity index (χ3n) is 2.94. The van der Waals surface area contributed by atoms with E-state index in [1.54, 1.807) is 18.2 Å². The zero-order chi connectivity index (χ0) is 15.7. The highest BCUT2D eigenvalue weighted by Crippen LogP contribution is 2.23. The Hall–Kier alpha value is -1.57. The Balaban J connectivity index is 2.16. The van der Waals surface area contributed by atoms with Crippen LogP contribution in [0.4, 0.5) is 4.39 Å². The van der Waals surface area contributed by atoms with Crippen LogP contribution in [0.3, 0.4) is 0 Å². The minimum absolute atomic E-state index is 0.305. The van der Waals surface area contributed by atoms with E-state index in [0.29, 0.717) is 16.2 Å². The minimum atomic E-state index is -0.306. The molecule has 22 heavy (non-hydrogen) atoms. The molecule has 3 aromatic rings. The van der Waals surface area contributed by atoms with E-state index >= 15 is 0 Å². The average molecular weight is 397 g/mol. The van der Waals surface area contributed by atoms with E-state index < -0.39 is 0 Å². The molecule has 2 aromatic heterocycles. The third kappa shape index (κ3) is 2.97. The number of allylic oxidation sites excluding steroid dienone is 1. The van der Waals surface area contributed by atoms with Gasteiger partial charge in [0.15, 0.2) is 4.80 Å². The van der Waals surface area contributed by atoms with Crippen LogP contribution in [0.15, 0.2) is 51.8 Å². The van der Waals surface area contributed by atoms with Crippen molar-refractivity contribution in [2.75, 3.05) is 0 Å². The number of amides is 1. The van der Waals surface area contributed by atoms with Gasteiger partial charge < -0.3 is 4.57 Å². The molecule has 0 aliphatic carbocycles. The molecule has 7 heteroatoms. The Kier molecular flexibility index (Phi) is 4.37. The number of hydrogen-bond donors (Lipinski definition) is 0. The molecule has 0 saturated heterocycles. The first kappa shape index (κ1) is 15.3. The molecule has 0 bridgehead atoms. The highest BCUT2D eigenvalue weighted by atomic mass is 79.9. The van der Waals surface area contributed by atoms with Crippen LogP contribution < -0.4 is 4.80 Å². The highest BCUT2D eigenvalue weighted by molar-refractivity contribution is 9.11. The van der Waals surface area contributed by atoms with Crippen LogP contribution in [0, 0.1) is 5.82 Å². The zero-order valence-corrected chi connectivity index (χ0v) is 14.5. The second-order valence-electron chi connectivity index (χ2n) is 4.42. The van der Waals surface area contributed by atoms with Crippen LogP contribution >= 0.6 is 38.6 Å². The molecule has 112 valence electrons. The zero-order valence-electron chi connectivity index (χ0n) is 11.3. The Labute approximate surface area is 142 Å². The Bertz CT molecular complexity index is 939. The average Bonchev–Trinajstić information content (AvgIpc) is 3.04. The molecule has 0 aliphatic heterocycles. The van der Waals surface area contributed by atoms with Gasteiger partial charge in [-0.15, -0.1) is 17.9 Å². The summed E-state index contributed by atoms with van der Waals surface area (Å²) in [5, 5.41) is 0. The molecule has 1 aromatic carbocycles. The van der Waals surface area contributed by atoms with E-state index in [1.807, 2.05) is 10.6 Å². The van der Waals surface area contributed by atoms with Gasteiger partial charge in [0.2, 0.25) is 0 Å². The lowest BCUT2D eigenvalue weighted by atomic mass is 10.3. The molecule has 0 saturated carbocycles. The second kappa shape index (κ2) is 6.28. The molecule has 0 N–H and O–H groups in total. The van der Waals surface area contributed by atoms with Crippen LogP contribution in [-0.4, -0.2) is 10.5 Å². The number of aromatic nitrogens is 1. The van der Waals surface area contributed by atoms with E-state index in [2.05, 4.69) is 27.5 Å². The summed E-state index contributed by atoms with van der Waals surface area (Å²) in [5.41, 5.74) is 0.838. The third-order valence-corrected chi connectivity index (χ3v) is 5.59. The van der Waals surface area contributed by atoms with Crippen LogP contribution in [0.5, 0.6) is 0 Å². The largest absolute Gasteiger partial charge is 0.312 e. The number of rotatable bonds is 3.